The minimum absolute atomic E-state index is 0.114. The number of thiazole rings is 1. The summed E-state index contributed by atoms with van der Waals surface area (Å²) in [6.07, 6.45) is 1.58. The third kappa shape index (κ3) is 1.89. The number of hydrogen-bond acceptors (Lipinski definition) is 5. The van der Waals surface area contributed by atoms with Crippen molar-refractivity contribution < 1.29 is 9.57 Å². The highest BCUT2D eigenvalue weighted by molar-refractivity contribution is 7.13. The van der Waals surface area contributed by atoms with Crippen LogP contribution in [0.3, 0.4) is 0 Å². The van der Waals surface area contributed by atoms with Crippen molar-refractivity contribution in [1.82, 2.24) is 4.98 Å². The van der Waals surface area contributed by atoms with Crippen LogP contribution in [0.5, 0.6) is 5.19 Å². The Bertz CT molecular complexity index is 226. The molecule has 1 aromatic rings. The molecular weight excluding hydrogens is 164 g/mol. The molecule has 0 amide bonds. The van der Waals surface area contributed by atoms with Gasteiger partial charge >= 0.3 is 0 Å². The second-order valence-corrected chi connectivity index (χ2v) is 3.04. The monoisotopic (exact) mass is 174 g/mol. The van der Waals surface area contributed by atoms with Crippen LogP contribution in [0, 0.1) is 0 Å². The summed E-state index contributed by atoms with van der Waals surface area (Å²) in [5.74, 6) is 4.99. The predicted molar refractivity (Wildman–Crippen MR) is 42.4 cm³/mol. The molecule has 0 aliphatic rings. The van der Waals surface area contributed by atoms with E-state index in [1.165, 1.54) is 11.3 Å². The molecule has 0 spiro atoms. The molecular formula is C6H10N2O2S. The van der Waals surface area contributed by atoms with Gasteiger partial charge in [0.25, 0.3) is 5.19 Å². The van der Waals surface area contributed by atoms with Gasteiger partial charge in [0, 0.05) is 6.20 Å². The van der Waals surface area contributed by atoms with E-state index in [1.807, 2.05) is 6.92 Å². The second-order valence-electron chi connectivity index (χ2n) is 2.01. The Hall–Kier alpha value is -0.650. The van der Waals surface area contributed by atoms with Crippen LogP contribution < -0.4 is 10.6 Å². The van der Waals surface area contributed by atoms with E-state index in [-0.39, 0.29) is 6.10 Å². The van der Waals surface area contributed by atoms with E-state index in [1.54, 1.807) is 13.3 Å². The maximum Gasteiger partial charge on any atom is 0.273 e. The average Bonchev–Trinajstić information content (AvgIpc) is 2.50. The van der Waals surface area contributed by atoms with E-state index in [9.17, 15) is 0 Å². The van der Waals surface area contributed by atoms with E-state index >= 15 is 0 Å². The van der Waals surface area contributed by atoms with Gasteiger partial charge in [0.1, 0.15) is 6.10 Å². The molecule has 1 unspecified atom stereocenters. The molecule has 11 heavy (non-hydrogen) atoms. The average molecular weight is 174 g/mol. The van der Waals surface area contributed by atoms with E-state index in [0.29, 0.717) is 5.19 Å². The summed E-state index contributed by atoms with van der Waals surface area (Å²) in [4.78, 5) is 9.54. The van der Waals surface area contributed by atoms with Crippen LogP contribution in [0.1, 0.15) is 17.9 Å². The van der Waals surface area contributed by atoms with Crippen LogP contribution in [-0.2, 0) is 4.84 Å². The van der Waals surface area contributed by atoms with Gasteiger partial charge in [-0.25, -0.2) is 10.9 Å². The SMILES string of the molecule is COc1ncc(C(C)ON)s1. The normalized spacial score (nSPS) is 13.0. The second kappa shape index (κ2) is 3.66. The first-order chi connectivity index (χ1) is 5.27. The smallest absolute Gasteiger partial charge is 0.273 e. The summed E-state index contributed by atoms with van der Waals surface area (Å²) in [7, 11) is 1.58. The molecule has 0 aliphatic carbocycles. The van der Waals surface area contributed by atoms with Crippen LogP contribution in [0.4, 0.5) is 0 Å². The highest BCUT2D eigenvalue weighted by Crippen LogP contribution is 2.26. The maximum absolute atomic E-state index is 4.99. The quantitative estimate of drug-likeness (QED) is 0.697. The highest BCUT2D eigenvalue weighted by Gasteiger charge is 2.08. The number of methoxy groups -OCH3 is 1. The lowest BCUT2D eigenvalue weighted by Crippen LogP contribution is -2.03. The van der Waals surface area contributed by atoms with Crippen molar-refractivity contribution in [2.24, 2.45) is 5.90 Å². The molecule has 0 bridgehead atoms. The highest BCUT2D eigenvalue weighted by atomic mass is 32.1. The first-order valence-electron chi connectivity index (χ1n) is 3.13. The molecule has 0 fully saturated rings. The third-order valence-electron chi connectivity index (χ3n) is 1.28. The molecule has 1 atom stereocenters. The Labute approximate surface area is 68.9 Å². The fourth-order valence-corrected chi connectivity index (χ4v) is 1.34. The summed E-state index contributed by atoms with van der Waals surface area (Å²) in [5, 5.41) is 0.629. The number of nitrogens with zero attached hydrogens (tertiary/aromatic N) is 1. The molecule has 0 aromatic carbocycles. The number of aromatic nitrogens is 1. The van der Waals surface area contributed by atoms with Crippen LogP contribution in [0.15, 0.2) is 6.20 Å². The summed E-state index contributed by atoms with van der Waals surface area (Å²) in [6.45, 7) is 1.85. The Morgan fingerprint density at radius 1 is 1.73 bits per heavy atom. The van der Waals surface area contributed by atoms with Gasteiger partial charge in [0.05, 0.1) is 12.0 Å². The number of nitrogens with two attached hydrogens (primary N) is 1. The summed E-state index contributed by atoms with van der Waals surface area (Å²) in [5.41, 5.74) is 0. The lowest BCUT2D eigenvalue weighted by atomic mass is 10.4. The van der Waals surface area contributed by atoms with Crippen LogP contribution in [0.25, 0.3) is 0 Å². The van der Waals surface area contributed by atoms with Gasteiger partial charge in [-0.05, 0) is 6.92 Å². The Kier molecular flexibility index (Phi) is 2.81. The molecule has 1 aromatic heterocycles. The van der Waals surface area contributed by atoms with Crippen LogP contribution in [0.2, 0.25) is 0 Å². The zero-order chi connectivity index (χ0) is 8.27. The van der Waals surface area contributed by atoms with E-state index < -0.39 is 0 Å². The van der Waals surface area contributed by atoms with Crippen molar-refractivity contribution in [3.63, 3.8) is 0 Å². The standard InChI is InChI=1S/C6H10N2O2S/c1-4(10-7)5-3-8-6(9-2)11-5/h3-4H,7H2,1-2H3. The molecule has 0 saturated carbocycles. The van der Waals surface area contributed by atoms with E-state index in [2.05, 4.69) is 9.82 Å². The summed E-state index contributed by atoms with van der Waals surface area (Å²) in [6, 6.07) is 0. The largest absolute Gasteiger partial charge is 0.473 e. The Morgan fingerprint density at radius 3 is 2.91 bits per heavy atom. The number of ether oxygens (including phenoxy) is 1. The van der Waals surface area contributed by atoms with Crippen molar-refractivity contribution in [3.8, 4) is 5.19 Å². The Morgan fingerprint density at radius 2 is 2.45 bits per heavy atom. The fourth-order valence-electron chi connectivity index (χ4n) is 0.619. The number of hydrogen-bond donors (Lipinski definition) is 1. The summed E-state index contributed by atoms with van der Waals surface area (Å²) < 4.78 is 4.90. The lowest BCUT2D eigenvalue weighted by Gasteiger charge is -2.02. The van der Waals surface area contributed by atoms with Gasteiger partial charge in [-0.3, -0.25) is 4.84 Å². The minimum atomic E-state index is -0.114. The van der Waals surface area contributed by atoms with Crippen molar-refractivity contribution in [1.29, 1.82) is 0 Å². The molecule has 62 valence electrons. The molecule has 1 rings (SSSR count). The Balaban J connectivity index is 2.71. The van der Waals surface area contributed by atoms with Gasteiger partial charge in [-0.15, -0.1) is 0 Å². The van der Waals surface area contributed by atoms with Gasteiger partial charge < -0.3 is 4.74 Å². The van der Waals surface area contributed by atoms with Gasteiger partial charge in [-0.1, -0.05) is 11.3 Å². The van der Waals surface area contributed by atoms with Crippen molar-refractivity contribution in [3.05, 3.63) is 11.1 Å². The van der Waals surface area contributed by atoms with E-state index in [0.717, 1.165) is 4.88 Å². The molecule has 4 nitrogen and oxygen atoms in total. The molecule has 1 heterocycles. The third-order valence-corrected chi connectivity index (χ3v) is 2.40. The predicted octanol–water partition coefficient (Wildman–Crippen LogP) is 1.10. The van der Waals surface area contributed by atoms with Crippen LogP contribution >= 0.6 is 11.3 Å². The molecule has 0 aliphatic heterocycles. The molecule has 0 saturated heterocycles. The van der Waals surface area contributed by atoms with Crippen molar-refractivity contribution in [2.45, 2.75) is 13.0 Å². The lowest BCUT2D eigenvalue weighted by molar-refractivity contribution is 0.0687. The minimum Gasteiger partial charge on any atom is -0.473 e. The molecule has 2 N–H and O–H groups in total. The molecule has 0 radical (unpaired) electrons. The van der Waals surface area contributed by atoms with Crippen LogP contribution in [-0.4, -0.2) is 12.1 Å². The zero-order valence-electron chi connectivity index (χ0n) is 6.40. The van der Waals surface area contributed by atoms with Gasteiger partial charge in [-0.2, -0.15) is 0 Å². The first-order valence-corrected chi connectivity index (χ1v) is 3.95. The topological polar surface area (TPSA) is 57.4 Å². The summed E-state index contributed by atoms with van der Waals surface area (Å²) >= 11 is 1.43. The van der Waals surface area contributed by atoms with Crippen molar-refractivity contribution in [2.75, 3.05) is 7.11 Å². The number of rotatable bonds is 3. The first kappa shape index (κ1) is 8.45. The van der Waals surface area contributed by atoms with Crippen molar-refractivity contribution >= 4 is 11.3 Å². The molecule has 5 heteroatoms. The van der Waals surface area contributed by atoms with Gasteiger partial charge in [0.2, 0.25) is 0 Å². The zero-order valence-corrected chi connectivity index (χ0v) is 7.22. The van der Waals surface area contributed by atoms with E-state index in [4.69, 9.17) is 10.6 Å². The fraction of sp³-hybridized carbons (Fsp3) is 0.500. The van der Waals surface area contributed by atoms with Gasteiger partial charge in [0.15, 0.2) is 0 Å². The maximum atomic E-state index is 4.99.